The summed E-state index contributed by atoms with van der Waals surface area (Å²) in [5, 5.41) is 11.6. The van der Waals surface area contributed by atoms with Crippen molar-refractivity contribution in [3.8, 4) is 11.4 Å². The van der Waals surface area contributed by atoms with E-state index in [1.54, 1.807) is 23.5 Å². The van der Waals surface area contributed by atoms with Gasteiger partial charge in [-0.05, 0) is 31.2 Å². The van der Waals surface area contributed by atoms with Crippen LogP contribution in [0.2, 0.25) is 0 Å². The van der Waals surface area contributed by atoms with Crippen molar-refractivity contribution in [3.05, 3.63) is 55.2 Å². The van der Waals surface area contributed by atoms with Crippen LogP contribution in [0.3, 0.4) is 0 Å². The maximum atomic E-state index is 12.6. The molecule has 0 spiro atoms. The van der Waals surface area contributed by atoms with Crippen molar-refractivity contribution in [1.82, 2.24) is 9.97 Å². The second-order valence-electron chi connectivity index (χ2n) is 5.97. The third-order valence-electron chi connectivity index (χ3n) is 4.41. The molecule has 0 amide bonds. The maximum Gasteiger partial charge on any atom is 0.270 e. The Morgan fingerprint density at radius 1 is 1.21 bits per heavy atom. The molecular weight excluding hydrogens is 326 g/mol. The fourth-order valence-electron chi connectivity index (χ4n) is 3.24. The molecule has 0 atom stereocenters. The summed E-state index contributed by atoms with van der Waals surface area (Å²) in [7, 11) is 0. The number of aromatic nitrogens is 2. The molecule has 0 aliphatic heterocycles. The fraction of sp³-hybridized carbons (Fsp3) is 0.294. The van der Waals surface area contributed by atoms with E-state index < -0.39 is 4.92 Å². The number of hydrogen-bond donors (Lipinski definition) is 1. The minimum Gasteiger partial charge on any atom is -0.306 e. The lowest BCUT2D eigenvalue weighted by Gasteiger charge is -2.02. The average molecular weight is 341 g/mol. The van der Waals surface area contributed by atoms with Gasteiger partial charge in [-0.15, -0.1) is 11.3 Å². The molecule has 0 saturated heterocycles. The Bertz CT molecular complexity index is 1010. The van der Waals surface area contributed by atoms with Crippen molar-refractivity contribution < 1.29 is 4.92 Å². The van der Waals surface area contributed by atoms with E-state index in [-0.39, 0.29) is 11.2 Å². The SMILES string of the molecule is O=c1[nH]c(-c2cccc([N+](=O)[O-])c2)nc2sc3c(c12)CCCCC3. The number of nitrogens with zero attached hydrogens (tertiary/aromatic N) is 2. The van der Waals surface area contributed by atoms with Crippen LogP contribution in [0.15, 0.2) is 29.1 Å². The van der Waals surface area contributed by atoms with Crippen molar-refractivity contribution in [2.45, 2.75) is 32.1 Å². The lowest BCUT2D eigenvalue weighted by Crippen LogP contribution is -2.10. The Morgan fingerprint density at radius 2 is 2.04 bits per heavy atom. The Hall–Kier alpha value is -2.54. The van der Waals surface area contributed by atoms with Gasteiger partial charge in [0.25, 0.3) is 11.2 Å². The van der Waals surface area contributed by atoms with E-state index in [0.29, 0.717) is 16.8 Å². The molecule has 0 bridgehead atoms. The van der Waals surface area contributed by atoms with Gasteiger partial charge >= 0.3 is 0 Å². The highest BCUT2D eigenvalue weighted by molar-refractivity contribution is 7.18. The highest BCUT2D eigenvalue weighted by Gasteiger charge is 2.19. The monoisotopic (exact) mass is 341 g/mol. The molecule has 0 saturated carbocycles. The second-order valence-corrected chi connectivity index (χ2v) is 7.05. The molecule has 6 nitrogen and oxygen atoms in total. The number of nitrogens with one attached hydrogen (secondary N) is 1. The number of hydrogen-bond acceptors (Lipinski definition) is 5. The number of non-ortho nitro benzene ring substituents is 1. The number of nitro groups is 1. The number of nitro benzene ring substituents is 1. The zero-order valence-electron chi connectivity index (χ0n) is 12.9. The van der Waals surface area contributed by atoms with Crippen LogP contribution in [0.1, 0.15) is 29.7 Å². The molecule has 122 valence electrons. The minimum atomic E-state index is -0.451. The van der Waals surface area contributed by atoms with Gasteiger partial charge in [0.1, 0.15) is 10.7 Å². The fourth-order valence-corrected chi connectivity index (χ4v) is 4.51. The second kappa shape index (κ2) is 5.83. The number of benzene rings is 1. The third kappa shape index (κ3) is 2.50. The minimum absolute atomic E-state index is 0.0165. The summed E-state index contributed by atoms with van der Waals surface area (Å²) in [5.41, 5.74) is 1.52. The van der Waals surface area contributed by atoms with Gasteiger partial charge in [-0.25, -0.2) is 4.98 Å². The Morgan fingerprint density at radius 3 is 2.88 bits per heavy atom. The Kier molecular flexibility index (Phi) is 3.65. The standard InChI is InChI=1S/C17H15N3O3S/c21-16-14-12-7-2-1-3-8-13(12)24-17(14)19-15(18-16)10-5-4-6-11(9-10)20(22)23/h4-6,9H,1-3,7-8H2,(H,18,19,21). The Balaban J connectivity index is 1.88. The first-order chi connectivity index (χ1) is 11.6. The van der Waals surface area contributed by atoms with Crippen molar-refractivity contribution in [2.75, 3.05) is 0 Å². The molecule has 0 fully saturated rings. The van der Waals surface area contributed by atoms with Crippen LogP contribution in [0.5, 0.6) is 0 Å². The van der Waals surface area contributed by atoms with Crippen LogP contribution < -0.4 is 5.56 Å². The lowest BCUT2D eigenvalue weighted by atomic mass is 10.1. The highest BCUT2D eigenvalue weighted by Crippen LogP contribution is 2.33. The van der Waals surface area contributed by atoms with Gasteiger partial charge in [0.15, 0.2) is 0 Å². The molecule has 1 aliphatic rings. The first-order valence-electron chi connectivity index (χ1n) is 7.93. The summed E-state index contributed by atoms with van der Waals surface area (Å²) in [5.74, 6) is 0.382. The van der Waals surface area contributed by atoms with Crippen LogP contribution >= 0.6 is 11.3 Å². The molecule has 3 aromatic rings. The summed E-state index contributed by atoms with van der Waals surface area (Å²) >= 11 is 1.58. The van der Waals surface area contributed by atoms with Crippen molar-refractivity contribution in [2.24, 2.45) is 0 Å². The molecule has 1 aliphatic carbocycles. The van der Waals surface area contributed by atoms with E-state index in [2.05, 4.69) is 9.97 Å². The number of thiophene rings is 1. The molecule has 7 heteroatoms. The van der Waals surface area contributed by atoms with Crippen LogP contribution in [-0.2, 0) is 12.8 Å². The zero-order valence-corrected chi connectivity index (χ0v) is 13.7. The van der Waals surface area contributed by atoms with Gasteiger partial charge in [0.05, 0.1) is 10.3 Å². The molecule has 4 rings (SSSR count). The average Bonchev–Trinajstić information content (AvgIpc) is 2.77. The van der Waals surface area contributed by atoms with Gasteiger partial charge < -0.3 is 4.98 Å². The van der Waals surface area contributed by atoms with Gasteiger partial charge in [0, 0.05) is 22.6 Å². The molecule has 1 aromatic carbocycles. The molecule has 24 heavy (non-hydrogen) atoms. The smallest absolute Gasteiger partial charge is 0.270 e. The summed E-state index contributed by atoms with van der Waals surface area (Å²) in [6.07, 6.45) is 5.37. The Labute approximate surface area is 141 Å². The van der Waals surface area contributed by atoms with Gasteiger partial charge in [-0.3, -0.25) is 14.9 Å². The first kappa shape index (κ1) is 15.0. The van der Waals surface area contributed by atoms with E-state index in [0.717, 1.165) is 36.1 Å². The maximum absolute atomic E-state index is 12.6. The number of fused-ring (bicyclic) bond motifs is 3. The predicted molar refractivity (Wildman–Crippen MR) is 93.6 cm³/mol. The van der Waals surface area contributed by atoms with Crippen LogP contribution in [0.4, 0.5) is 5.69 Å². The quantitative estimate of drug-likeness (QED) is 0.436. The first-order valence-corrected chi connectivity index (χ1v) is 8.74. The molecule has 2 heterocycles. The van der Waals surface area contributed by atoms with Crippen LogP contribution in [0, 0.1) is 10.1 Å². The predicted octanol–water partition coefficient (Wildman–Crippen LogP) is 3.83. The molecular formula is C17H15N3O3S. The van der Waals surface area contributed by atoms with E-state index in [1.807, 2.05) is 0 Å². The molecule has 1 N–H and O–H groups in total. The highest BCUT2D eigenvalue weighted by atomic mass is 32.1. The van der Waals surface area contributed by atoms with Crippen molar-refractivity contribution in [3.63, 3.8) is 0 Å². The van der Waals surface area contributed by atoms with E-state index in [9.17, 15) is 14.9 Å². The third-order valence-corrected chi connectivity index (χ3v) is 5.59. The number of aryl methyl sites for hydroxylation is 2. The van der Waals surface area contributed by atoms with E-state index in [4.69, 9.17) is 0 Å². The summed E-state index contributed by atoms with van der Waals surface area (Å²) in [6, 6.07) is 6.17. The summed E-state index contributed by atoms with van der Waals surface area (Å²) < 4.78 is 0. The van der Waals surface area contributed by atoms with E-state index >= 15 is 0 Å². The zero-order chi connectivity index (χ0) is 16.7. The summed E-state index contributed by atoms with van der Waals surface area (Å²) in [6.45, 7) is 0. The van der Waals surface area contributed by atoms with Gasteiger partial charge in [-0.2, -0.15) is 0 Å². The lowest BCUT2D eigenvalue weighted by molar-refractivity contribution is -0.384. The normalized spacial score (nSPS) is 14.3. The van der Waals surface area contributed by atoms with Crippen molar-refractivity contribution >= 4 is 27.2 Å². The van der Waals surface area contributed by atoms with Gasteiger partial charge in [0.2, 0.25) is 0 Å². The van der Waals surface area contributed by atoms with Gasteiger partial charge in [-0.1, -0.05) is 18.6 Å². The van der Waals surface area contributed by atoms with Crippen molar-refractivity contribution in [1.29, 1.82) is 0 Å². The topological polar surface area (TPSA) is 88.9 Å². The number of H-pyrrole nitrogens is 1. The molecule has 0 unspecified atom stereocenters. The van der Waals surface area contributed by atoms with Crippen LogP contribution in [0.25, 0.3) is 21.6 Å². The van der Waals surface area contributed by atoms with E-state index in [1.165, 1.54) is 23.4 Å². The largest absolute Gasteiger partial charge is 0.306 e. The summed E-state index contributed by atoms with van der Waals surface area (Å²) in [4.78, 5) is 32.5. The number of aromatic amines is 1. The number of rotatable bonds is 2. The molecule has 2 aromatic heterocycles. The molecule has 0 radical (unpaired) electrons. The van der Waals surface area contributed by atoms with Crippen LogP contribution in [-0.4, -0.2) is 14.9 Å².